The lowest BCUT2D eigenvalue weighted by Gasteiger charge is -2.06. The number of rotatable bonds is 12. The molecule has 0 fully saturated rings. The Labute approximate surface area is 178 Å². The molecule has 0 saturated carbocycles. The summed E-state index contributed by atoms with van der Waals surface area (Å²) in [4.78, 5) is 21.7. The van der Waals surface area contributed by atoms with Crippen LogP contribution in [0.2, 0.25) is 0 Å². The summed E-state index contributed by atoms with van der Waals surface area (Å²) in [6.45, 7) is 14.9. The molecule has 0 aliphatic heterocycles. The summed E-state index contributed by atoms with van der Waals surface area (Å²) in [6, 6.07) is 7.70. The maximum atomic E-state index is 10.9. The lowest BCUT2D eigenvalue weighted by molar-refractivity contribution is 0.219. The first kappa shape index (κ1) is 24.2. The molecule has 30 heavy (non-hydrogen) atoms. The van der Waals surface area contributed by atoms with Gasteiger partial charge in [0.25, 0.3) is 26.3 Å². The van der Waals surface area contributed by atoms with Crippen LogP contribution in [0.5, 0.6) is 0 Å². The summed E-state index contributed by atoms with van der Waals surface area (Å²) in [5.41, 5.74) is 4.71. The van der Waals surface area contributed by atoms with Crippen molar-refractivity contribution in [1.82, 2.24) is 0 Å². The summed E-state index contributed by atoms with van der Waals surface area (Å²) in [5.74, 6) is -1.83. The van der Waals surface area contributed by atoms with E-state index in [1.807, 2.05) is 24.3 Å². The number of carboxylic acid groups (broad SMARTS) is 2. The van der Waals surface area contributed by atoms with E-state index in [9.17, 15) is 9.59 Å². The molecule has 2 N–H and O–H groups in total. The highest BCUT2D eigenvalue weighted by Crippen LogP contribution is 2.21. The van der Waals surface area contributed by atoms with Crippen LogP contribution in [0.4, 0.5) is 9.59 Å². The normalized spacial score (nSPS) is 12.5. The molecule has 0 unspecified atom stereocenters. The zero-order valence-electron chi connectivity index (χ0n) is 16.9. The van der Waals surface area contributed by atoms with Gasteiger partial charge in [0.2, 0.25) is 0 Å². The Kier molecular flexibility index (Phi) is 10.2. The molecule has 0 aromatic heterocycles. The van der Waals surface area contributed by atoms with Gasteiger partial charge >= 0.3 is 0 Å². The van der Waals surface area contributed by atoms with E-state index in [1.165, 1.54) is 12.2 Å². The molecule has 4 nitrogen and oxygen atoms in total. The smallest absolute Gasteiger partial charge is 0.293 e. The molecule has 0 radical (unpaired) electrons. The van der Waals surface area contributed by atoms with E-state index in [0.29, 0.717) is 10.9 Å². The monoisotopic (exact) mass is 398 g/mol. The van der Waals surface area contributed by atoms with Gasteiger partial charge in [-0.05, 0) is 22.3 Å². The molecule has 0 heterocycles. The molecule has 0 amide bonds. The summed E-state index contributed by atoms with van der Waals surface area (Å²) in [7, 11) is -0.197. The average molecular weight is 398 g/mol. The molecule has 0 saturated heterocycles. The molecule has 1 aromatic rings. The maximum Gasteiger partial charge on any atom is 0.293 e. The molecule has 6 heteroatoms. The minimum atomic E-state index is -0.917. The van der Waals surface area contributed by atoms with Crippen molar-refractivity contribution in [2.45, 2.75) is 0 Å². The fourth-order valence-electron chi connectivity index (χ4n) is 2.56. The number of carbonyl (C=O) groups is 2. The Hall–Kier alpha value is -3.79. The Morgan fingerprint density at radius 1 is 0.633 bits per heavy atom. The predicted molar refractivity (Wildman–Crippen MR) is 130 cm³/mol. The van der Waals surface area contributed by atoms with Gasteiger partial charge in [0, 0.05) is 0 Å². The van der Waals surface area contributed by atoms with Gasteiger partial charge in [-0.3, -0.25) is 9.59 Å². The van der Waals surface area contributed by atoms with Crippen LogP contribution in [-0.2, 0) is 0 Å². The third-order valence-electron chi connectivity index (χ3n) is 4.18. The van der Waals surface area contributed by atoms with E-state index >= 15 is 0 Å². The Balaban J connectivity index is 3.17. The van der Waals surface area contributed by atoms with Crippen molar-refractivity contribution in [3.05, 3.63) is 121 Å². The molecule has 1 rings (SSSR count). The van der Waals surface area contributed by atoms with Gasteiger partial charge in [-0.2, -0.15) is 0 Å². The molecule has 0 aliphatic rings. The van der Waals surface area contributed by atoms with E-state index in [0.717, 1.165) is 22.3 Å². The first-order valence-corrected chi connectivity index (χ1v) is 9.20. The van der Waals surface area contributed by atoms with E-state index in [-0.39, 0.29) is 14.6 Å². The number of hydrogen-bond acceptors (Lipinski definition) is 2. The standard InChI is InChI=1S/C24H24B2O4/c1-5-17(13-15-21(7-3)25-23(27)28)19-9-11-20(12-10-19)18(6-2)14-16-22(8-4)26-24(29)30/h5-16,25-26H,1-4H2,(H,27,28)(H,29,30)/b17-13+,18-14+,21-15+,22-16+. The van der Waals surface area contributed by atoms with Crippen molar-refractivity contribution in [3.63, 3.8) is 0 Å². The van der Waals surface area contributed by atoms with Crippen LogP contribution >= 0.6 is 0 Å². The van der Waals surface area contributed by atoms with E-state index < -0.39 is 11.7 Å². The fraction of sp³-hybridized carbons (Fsp3) is 0. The minimum Gasteiger partial charge on any atom is -0.489 e. The Morgan fingerprint density at radius 3 is 1.20 bits per heavy atom. The van der Waals surface area contributed by atoms with E-state index in [4.69, 9.17) is 10.2 Å². The van der Waals surface area contributed by atoms with Crippen LogP contribution in [0.25, 0.3) is 11.1 Å². The SMILES string of the molecule is C=C/C(BC(=O)O)=C\C=C(/C=C)c1ccc(/C(C=C)=C/C=C(/BC(=O)O)C=C)cc1. The summed E-state index contributed by atoms with van der Waals surface area (Å²) < 4.78 is 0. The van der Waals surface area contributed by atoms with Gasteiger partial charge in [0.15, 0.2) is 0 Å². The Bertz CT molecular complexity index is 882. The van der Waals surface area contributed by atoms with Crippen molar-refractivity contribution in [2.75, 3.05) is 0 Å². The first-order chi connectivity index (χ1) is 14.3. The molecule has 1 aromatic carbocycles. The largest absolute Gasteiger partial charge is 0.489 e. The van der Waals surface area contributed by atoms with Gasteiger partial charge in [-0.25, -0.2) is 0 Å². The highest BCUT2D eigenvalue weighted by molar-refractivity contribution is 6.78. The molecular weight excluding hydrogens is 374 g/mol. The van der Waals surface area contributed by atoms with E-state index in [2.05, 4.69) is 26.3 Å². The maximum absolute atomic E-state index is 10.9. The quantitative estimate of drug-likeness (QED) is 0.375. The second-order valence-corrected chi connectivity index (χ2v) is 6.26. The van der Waals surface area contributed by atoms with Crippen LogP contribution < -0.4 is 0 Å². The van der Waals surface area contributed by atoms with Gasteiger partial charge < -0.3 is 10.2 Å². The zero-order valence-corrected chi connectivity index (χ0v) is 16.9. The van der Waals surface area contributed by atoms with Crippen molar-refractivity contribution >= 4 is 37.4 Å². The first-order valence-electron chi connectivity index (χ1n) is 9.20. The highest BCUT2D eigenvalue weighted by Gasteiger charge is 2.05. The molecule has 0 aliphatic carbocycles. The molecular formula is C24H24B2O4. The molecule has 0 atom stereocenters. The lowest BCUT2D eigenvalue weighted by Crippen LogP contribution is -2.06. The van der Waals surface area contributed by atoms with Crippen LogP contribution in [-0.4, -0.2) is 36.5 Å². The van der Waals surface area contributed by atoms with Crippen molar-refractivity contribution in [3.8, 4) is 0 Å². The number of allylic oxidation sites excluding steroid dienone is 12. The second-order valence-electron chi connectivity index (χ2n) is 6.26. The minimum absolute atomic E-state index is 0.0983. The third-order valence-corrected chi connectivity index (χ3v) is 4.18. The van der Waals surface area contributed by atoms with Gasteiger partial charge in [0.05, 0.1) is 0 Å². The molecule has 0 spiro atoms. The van der Waals surface area contributed by atoms with Gasteiger partial charge in [0.1, 0.15) is 0 Å². The van der Waals surface area contributed by atoms with Crippen molar-refractivity contribution in [2.24, 2.45) is 0 Å². The number of hydrogen-bond donors (Lipinski definition) is 2. The zero-order chi connectivity index (χ0) is 22.5. The highest BCUT2D eigenvalue weighted by atomic mass is 16.4. The number of benzene rings is 1. The van der Waals surface area contributed by atoms with Crippen LogP contribution in [0.15, 0.2) is 110 Å². The van der Waals surface area contributed by atoms with Crippen LogP contribution in [0, 0.1) is 0 Å². The fourth-order valence-corrected chi connectivity index (χ4v) is 2.56. The third kappa shape index (κ3) is 8.07. The van der Waals surface area contributed by atoms with E-state index in [1.54, 1.807) is 36.5 Å². The summed E-state index contributed by atoms with van der Waals surface area (Å²) >= 11 is 0. The van der Waals surface area contributed by atoms with Crippen LogP contribution in [0.3, 0.4) is 0 Å². The molecule has 0 bridgehead atoms. The van der Waals surface area contributed by atoms with Crippen molar-refractivity contribution in [1.29, 1.82) is 0 Å². The summed E-state index contributed by atoms with van der Waals surface area (Å²) in [5, 5.41) is 17.8. The van der Waals surface area contributed by atoms with Crippen molar-refractivity contribution < 1.29 is 19.8 Å². The second kappa shape index (κ2) is 12.6. The van der Waals surface area contributed by atoms with Gasteiger partial charge in [-0.15, -0.1) is 0 Å². The van der Waals surface area contributed by atoms with Crippen LogP contribution in [0.1, 0.15) is 11.1 Å². The topological polar surface area (TPSA) is 74.6 Å². The average Bonchev–Trinajstić information content (AvgIpc) is 2.73. The summed E-state index contributed by atoms with van der Waals surface area (Å²) in [6.07, 6.45) is 13.5. The Morgan fingerprint density at radius 2 is 0.967 bits per heavy atom. The predicted octanol–water partition coefficient (Wildman–Crippen LogP) is 5.19. The molecule has 150 valence electrons. The lowest BCUT2D eigenvalue weighted by atomic mass is 9.69. The van der Waals surface area contributed by atoms with Gasteiger partial charge in [-0.1, -0.05) is 110 Å².